The number of nitrogens with two attached hydrogens (primary N) is 1. The third-order valence-corrected chi connectivity index (χ3v) is 3.21. The number of nitriles is 1. The smallest absolute Gasteiger partial charge is 0.141 e. The molecule has 1 heterocycles. The Balaban J connectivity index is 2.67. The van der Waals surface area contributed by atoms with Crippen molar-refractivity contribution in [1.29, 1.82) is 5.26 Å². The van der Waals surface area contributed by atoms with Crippen molar-refractivity contribution in [3.05, 3.63) is 22.9 Å². The monoisotopic (exact) mass is 201 g/mol. The van der Waals surface area contributed by atoms with Crippen LogP contribution in [0.15, 0.2) is 6.07 Å². The summed E-state index contributed by atoms with van der Waals surface area (Å²) in [5.74, 6) is 0.797. The molecule has 0 radical (unpaired) electrons. The number of hydrogen-bond donors (Lipinski definition) is 1. The fourth-order valence-electron chi connectivity index (χ4n) is 2.52. The van der Waals surface area contributed by atoms with Gasteiger partial charge in [0.05, 0.1) is 5.56 Å². The third kappa shape index (κ3) is 1.37. The highest BCUT2D eigenvalue weighted by atomic mass is 14.9. The van der Waals surface area contributed by atoms with Gasteiger partial charge in [0.15, 0.2) is 0 Å². The van der Waals surface area contributed by atoms with Crippen LogP contribution in [0.1, 0.15) is 49.9 Å². The van der Waals surface area contributed by atoms with E-state index >= 15 is 0 Å². The lowest BCUT2D eigenvalue weighted by Gasteiger charge is -2.18. The summed E-state index contributed by atoms with van der Waals surface area (Å²) in [4.78, 5) is 4.36. The van der Waals surface area contributed by atoms with Crippen molar-refractivity contribution in [2.24, 2.45) is 0 Å². The first kappa shape index (κ1) is 9.97. The molecular weight excluding hydrogens is 186 g/mol. The van der Waals surface area contributed by atoms with Gasteiger partial charge in [-0.1, -0.05) is 20.8 Å². The van der Waals surface area contributed by atoms with Crippen molar-refractivity contribution >= 4 is 5.82 Å². The van der Waals surface area contributed by atoms with Crippen molar-refractivity contribution < 1.29 is 0 Å². The van der Waals surface area contributed by atoms with Crippen molar-refractivity contribution in [3.63, 3.8) is 0 Å². The molecule has 1 aromatic rings. The van der Waals surface area contributed by atoms with Crippen LogP contribution < -0.4 is 5.73 Å². The number of hydrogen-bond acceptors (Lipinski definition) is 3. The second-order valence-corrected chi connectivity index (χ2v) is 4.95. The lowest BCUT2D eigenvalue weighted by Crippen LogP contribution is -2.13. The highest BCUT2D eigenvalue weighted by Crippen LogP contribution is 2.45. The highest BCUT2D eigenvalue weighted by molar-refractivity contribution is 5.54. The Bertz CT molecular complexity index is 455. The van der Waals surface area contributed by atoms with Crippen LogP contribution in [0.25, 0.3) is 0 Å². The van der Waals surface area contributed by atoms with Crippen LogP contribution in [0, 0.1) is 11.3 Å². The van der Waals surface area contributed by atoms with Gasteiger partial charge in [-0.2, -0.15) is 5.26 Å². The summed E-state index contributed by atoms with van der Waals surface area (Å²) in [7, 11) is 0. The Morgan fingerprint density at radius 3 is 2.87 bits per heavy atom. The number of fused-ring (bicyclic) bond motifs is 1. The SMILES string of the molecule is CC1CC(C)(C)c2cc(C#N)c(N)nc21. The van der Waals surface area contributed by atoms with E-state index in [0.29, 0.717) is 17.3 Å². The molecule has 78 valence electrons. The number of nitrogens with zero attached hydrogens (tertiary/aromatic N) is 2. The molecule has 3 nitrogen and oxygen atoms in total. The number of anilines is 1. The Labute approximate surface area is 89.9 Å². The molecule has 1 unspecified atom stereocenters. The van der Waals surface area contributed by atoms with E-state index < -0.39 is 0 Å². The Morgan fingerprint density at radius 2 is 2.27 bits per heavy atom. The molecule has 15 heavy (non-hydrogen) atoms. The lowest BCUT2D eigenvalue weighted by atomic mass is 9.86. The van der Waals surface area contributed by atoms with E-state index in [9.17, 15) is 0 Å². The van der Waals surface area contributed by atoms with Crippen molar-refractivity contribution in [2.75, 3.05) is 5.73 Å². The molecule has 0 spiro atoms. The van der Waals surface area contributed by atoms with Gasteiger partial charge in [0, 0.05) is 5.69 Å². The van der Waals surface area contributed by atoms with Crippen LogP contribution in [0.2, 0.25) is 0 Å². The van der Waals surface area contributed by atoms with Crippen LogP contribution in [0.4, 0.5) is 5.82 Å². The standard InChI is InChI=1S/C12H15N3/c1-7-5-12(2,3)9-4-8(6-13)11(14)15-10(7)9/h4,7H,5H2,1-3H3,(H2,14,15). The predicted octanol–water partition coefficient (Wildman–Crippen LogP) is 2.32. The fourth-order valence-corrected chi connectivity index (χ4v) is 2.52. The van der Waals surface area contributed by atoms with Gasteiger partial charge in [-0.05, 0) is 29.4 Å². The maximum atomic E-state index is 8.92. The second kappa shape index (κ2) is 2.96. The van der Waals surface area contributed by atoms with Gasteiger partial charge in [-0.15, -0.1) is 0 Å². The summed E-state index contributed by atoms with van der Waals surface area (Å²) in [5, 5.41) is 8.92. The van der Waals surface area contributed by atoms with E-state index in [0.717, 1.165) is 12.1 Å². The van der Waals surface area contributed by atoms with E-state index in [1.165, 1.54) is 5.56 Å². The van der Waals surface area contributed by atoms with Gasteiger partial charge in [0.25, 0.3) is 0 Å². The molecule has 1 aromatic heterocycles. The lowest BCUT2D eigenvalue weighted by molar-refractivity contribution is 0.488. The van der Waals surface area contributed by atoms with Crippen molar-refractivity contribution in [2.45, 2.75) is 38.5 Å². The number of pyridine rings is 1. The molecule has 0 aliphatic heterocycles. The molecule has 2 N–H and O–H groups in total. The first-order valence-corrected chi connectivity index (χ1v) is 5.16. The molecule has 0 bridgehead atoms. The quantitative estimate of drug-likeness (QED) is 0.700. The van der Waals surface area contributed by atoms with Gasteiger partial charge in [0.1, 0.15) is 11.9 Å². The summed E-state index contributed by atoms with van der Waals surface area (Å²) >= 11 is 0. The number of rotatable bonds is 0. The average molecular weight is 201 g/mol. The van der Waals surface area contributed by atoms with Crippen LogP contribution >= 0.6 is 0 Å². The average Bonchev–Trinajstić information content (AvgIpc) is 2.36. The minimum absolute atomic E-state index is 0.112. The zero-order chi connectivity index (χ0) is 11.2. The Hall–Kier alpha value is -1.56. The summed E-state index contributed by atoms with van der Waals surface area (Å²) in [5.41, 5.74) is 8.58. The minimum atomic E-state index is 0.112. The van der Waals surface area contributed by atoms with Crippen molar-refractivity contribution in [1.82, 2.24) is 4.98 Å². The van der Waals surface area contributed by atoms with E-state index in [1.54, 1.807) is 0 Å². The summed E-state index contributed by atoms with van der Waals surface area (Å²) in [6.07, 6.45) is 1.07. The van der Waals surface area contributed by atoms with Gasteiger partial charge in [0.2, 0.25) is 0 Å². The molecule has 0 fully saturated rings. The number of aromatic nitrogens is 1. The third-order valence-electron chi connectivity index (χ3n) is 3.21. The van der Waals surface area contributed by atoms with E-state index in [4.69, 9.17) is 11.0 Å². The topological polar surface area (TPSA) is 62.7 Å². The molecule has 0 saturated heterocycles. The van der Waals surface area contributed by atoms with Crippen molar-refractivity contribution in [3.8, 4) is 6.07 Å². The fraction of sp³-hybridized carbons (Fsp3) is 0.500. The van der Waals surface area contributed by atoms with Gasteiger partial charge in [-0.3, -0.25) is 0 Å². The van der Waals surface area contributed by atoms with Gasteiger partial charge in [-0.25, -0.2) is 4.98 Å². The normalized spacial score (nSPS) is 22.1. The molecule has 0 amide bonds. The summed E-state index contributed by atoms with van der Waals surface area (Å²) in [6, 6.07) is 3.99. The predicted molar refractivity (Wildman–Crippen MR) is 59.4 cm³/mol. The molecule has 0 saturated carbocycles. The Kier molecular flexibility index (Phi) is 1.97. The molecule has 0 aromatic carbocycles. The second-order valence-electron chi connectivity index (χ2n) is 4.95. The zero-order valence-electron chi connectivity index (χ0n) is 9.33. The van der Waals surface area contributed by atoms with Crippen LogP contribution in [0.3, 0.4) is 0 Å². The van der Waals surface area contributed by atoms with Gasteiger partial charge < -0.3 is 5.73 Å². The largest absolute Gasteiger partial charge is 0.383 e. The molecule has 2 rings (SSSR count). The Morgan fingerprint density at radius 1 is 1.60 bits per heavy atom. The maximum Gasteiger partial charge on any atom is 0.141 e. The summed E-state index contributed by atoms with van der Waals surface area (Å²) < 4.78 is 0. The minimum Gasteiger partial charge on any atom is -0.383 e. The molecule has 1 atom stereocenters. The van der Waals surface area contributed by atoms with E-state index in [2.05, 4.69) is 31.8 Å². The summed E-state index contributed by atoms with van der Waals surface area (Å²) in [6.45, 7) is 6.54. The first-order valence-electron chi connectivity index (χ1n) is 5.16. The van der Waals surface area contributed by atoms with Crippen LogP contribution in [-0.2, 0) is 5.41 Å². The zero-order valence-corrected chi connectivity index (χ0v) is 9.33. The molecule has 3 heteroatoms. The highest BCUT2D eigenvalue weighted by Gasteiger charge is 2.36. The van der Waals surface area contributed by atoms with E-state index in [-0.39, 0.29) is 5.41 Å². The van der Waals surface area contributed by atoms with E-state index in [1.807, 2.05) is 6.07 Å². The molecular formula is C12H15N3. The molecule has 1 aliphatic rings. The van der Waals surface area contributed by atoms with Crippen LogP contribution in [0.5, 0.6) is 0 Å². The maximum absolute atomic E-state index is 8.92. The number of nitrogen functional groups attached to an aromatic ring is 1. The van der Waals surface area contributed by atoms with Crippen LogP contribution in [-0.4, -0.2) is 4.98 Å². The van der Waals surface area contributed by atoms with Gasteiger partial charge >= 0.3 is 0 Å². The first-order chi connectivity index (χ1) is 6.95. The molecule has 1 aliphatic carbocycles.